The zero-order chi connectivity index (χ0) is 18.4. The number of rotatable bonds is 2. The normalized spacial score (nSPS) is 24.0. The molecule has 138 valence electrons. The second kappa shape index (κ2) is 6.52. The summed E-state index contributed by atoms with van der Waals surface area (Å²) in [7, 11) is 0. The molecule has 3 rings (SSSR count). The average Bonchev–Trinajstić information content (AvgIpc) is 2.64. The Labute approximate surface area is 150 Å². The minimum atomic E-state index is -0.817. The molecular formula is C20H30N2O3. The molecule has 0 saturated carbocycles. The van der Waals surface area contributed by atoms with Gasteiger partial charge in [-0.1, -0.05) is 6.92 Å². The quantitative estimate of drug-likeness (QED) is 0.894. The molecule has 1 aromatic carbocycles. The van der Waals surface area contributed by atoms with Crippen LogP contribution in [0, 0.1) is 20.8 Å². The Morgan fingerprint density at radius 1 is 1.12 bits per heavy atom. The number of carbonyl (C=O) groups excluding carboxylic acids is 1. The predicted octanol–water partition coefficient (Wildman–Crippen LogP) is 2.57. The number of nitrogens with zero attached hydrogens (tertiary/aromatic N) is 2. The van der Waals surface area contributed by atoms with Crippen molar-refractivity contribution in [1.82, 2.24) is 9.80 Å². The lowest BCUT2D eigenvalue weighted by Crippen LogP contribution is -2.57. The fourth-order valence-corrected chi connectivity index (χ4v) is 4.00. The molecule has 1 aromatic rings. The Morgan fingerprint density at radius 2 is 1.76 bits per heavy atom. The van der Waals surface area contributed by atoms with Crippen molar-refractivity contribution in [2.45, 2.75) is 53.1 Å². The van der Waals surface area contributed by atoms with Crippen LogP contribution in [0.5, 0.6) is 11.5 Å². The van der Waals surface area contributed by atoms with Gasteiger partial charge in [-0.05, 0) is 57.4 Å². The summed E-state index contributed by atoms with van der Waals surface area (Å²) in [4.78, 5) is 17.5. The maximum Gasteiger partial charge on any atom is 0.266 e. The van der Waals surface area contributed by atoms with Crippen LogP contribution in [0.3, 0.4) is 0 Å². The number of fused-ring (bicyclic) bond motifs is 1. The molecule has 0 aromatic heterocycles. The Morgan fingerprint density at radius 3 is 2.36 bits per heavy atom. The zero-order valence-electron chi connectivity index (χ0n) is 16.1. The van der Waals surface area contributed by atoms with E-state index in [0.29, 0.717) is 12.2 Å². The third-order valence-electron chi connectivity index (χ3n) is 6.08. The molecule has 5 heteroatoms. The first-order valence-corrected chi connectivity index (χ1v) is 9.30. The van der Waals surface area contributed by atoms with Gasteiger partial charge in [-0.2, -0.15) is 0 Å². The van der Waals surface area contributed by atoms with Crippen molar-refractivity contribution in [3.05, 3.63) is 22.3 Å². The van der Waals surface area contributed by atoms with E-state index in [0.717, 1.165) is 67.1 Å². The molecule has 0 aliphatic carbocycles. The highest BCUT2D eigenvalue weighted by Gasteiger charge is 2.43. The second-order valence-electron chi connectivity index (χ2n) is 7.59. The Bertz CT molecular complexity index is 693. The summed E-state index contributed by atoms with van der Waals surface area (Å²) in [5.74, 6) is 1.24. The van der Waals surface area contributed by atoms with Gasteiger partial charge in [0.15, 0.2) is 5.60 Å². The van der Waals surface area contributed by atoms with Gasteiger partial charge in [0, 0.05) is 38.2 Å². The number of carbonyl (C=O) groups is 1. The molecule has 25 heavy (non-hydrogen) atoms. The summed E-state index contributed by atoms with van der Waals surface area (Å²) in [6.45, 7) is 14.3. The maximum atomic E-state index is 13.2. The Hall–Kier alpha value is -1.75. The number of hydrogen-bond acceptors (Lipinski definition) is 4. The minimum Gasteiger partial charge on any atom is -0.507 e. The van der Waals surface area contributed by atoms with Gasteiger partial charge in [0.25, 0.3) is 5.91 Å². The second-order valence-corrected chi connectivity index (χ2v) is 7.59. The monoisotopic (exact) mass is 346 g/mol. The smallest absolute Gasteiger partial charge is 0.266 e. The number of phenolic OH excluding ortho intramolecular Hbond substituents is 1. The largest absolute Gasteiger partial charge is 0.507 e. The van der Waals surface area contributed by atoms with E-state index >= 15 is 0 Å². The lowest BCUT2D eigenvalue weighted by molar-refractivity contribution is -0.150. The minimum absolute atomic E-state index is 0.0942. The zero-order valence-corrected chi connectivity index (χ0v) is 16.1. The molecule has 0 unspecified atom stereocenters. The number of piperazine rings is 1. The molecule has 1 N–H and O–H groups in total. The van der Waals surface area contributed by atoms with Gasteiger partial charge in [-0.25, -0.2) is 0 Å². The SMILES string of the molecule is CCN1CCN(C(=O)[C@]2(C)CCc3c(C)c(O)c(C)c(C)c3O2)CC1. The summed E-state index contributed by atoms with van der Waals surface area (Å²) in [6.07, 6.45) is 1.41. The predicted molar refractivity (Wildman–Crippen MR) is 98.4 cm³/mol. The summed E-state index contributed by atoms with van der Waals surface area (Å²) in [5, 5.41) is 10.3. The van der Waals surface area contributed by atoms with E-state index in [1.54, 1.807) is 0 Å². The third-order valence-corrected chi connectivity index (χ3v) is 6.08. The van der Waals surface area contributed by atoms with E-state index in [1.807, 2.05) is 32.6 Å². The van der Waals surface area contributed by atoms with Crippen LogP contribution in [-0.2, 0) is 11.2 Å². The Kier molecular flexibility index (Phi) is 4.71. The molecule has 5 nitrogen and oxygen atoms in total. The lowest BCUT2D eigenvalue weighted by Gasteiger charge is -2.42. The molecule has 1 atom stereocenters. The van der Waals surface area contributed by atoms with Crippen LogP contribution in [-0.4, -0.2) is 59.1 Å². The van der Waals surface area contributed by atoms with Crippen molar-refractivity contribution in [2.24, 2.45) is 0 Å². The van der Waals surface area contributed by atoms with Gasteiger partial charge < -0.3 is 19.6 Å². The van der Waals surface area contributed by atoms with Gasteiger partial charge in [0.05, 0.1) is 0 Å². The van der Waals surface area contributed by atoms with Crippen molar-refractivity contribution in [2.75, 3.05) is 32.7 Å². The maximum absolute atomic E-state index is 13.2. The third kappa shape index (κ3) is 2.99. The fraction of sp³-hybridized carbons (Fsp3) is 0.650. The molecule has 2 aliphatic heterocycles. The number of ether oxygens (including phenoxy) is 1. The van der Waals surface area contributed by atoms with Crippen molar-refractivity contribution >= 4 is 5.91 Å². The van der Waals surface area contributed by atoms with Gasteiger partial charge in [0.1, 0.15) is 11.5 Å². The molecule has 0 spiro atoms. The van der Waals surface area contributed by atoms with E-state index in [1.165, 1.54) is 0 Å². The lowest BCUT2D eigenvalue weighted by atomic mass is 9.86. The van der Waals surface area contributed by atoms with E-state index < -0.39 is 5.60 Å². The van der Waals surface area contributed by atoms with Crippen molar-refractivity contribution in [1.29, 1.82) is 0 Å². The van der Waals surface area contributed by atoms with Crippen LogP contribution < -0.4 is 4.74 Å². The number of amides is 1. The molecule has 1 amide bonds. The van der Waals surface area contributed by atoms with Gasteiger partial charge >= 0.3 is 0 Å². The van der Waals surface area contributed by atoms with E-state index in [4.69, 9.17) is 4.74 Å². The average molecular weight is 346 g/mol. The van der Waals surface area contributed by atoms with E-state index in [9.17, 15) is 9.90 Å². The number of hydrogen-bond donors (Lipinski definition) is 1. The molecule has 0 bridgehead atoms. The van der Waals surface area contributed by atoms with Crippen molar-refractivity contribution in [3.63, 3.8) is 0 Å². The first-order chi connectivity index (χ1) is 11.8. The van der Waals surface area contributed by atoms with Crippen molar-refractivity contribution in [3.8, 4) is 11.5 Å². The van der Waals surface area contributed by atoms with E-state index in [2.05, 4.69) is 11.8 Å². The number of likely N-dealkylation sites (N-methyl/N-ethyl adjacent to an activating group) is 1. The first kappa shape index (κ1) is 18.1. The van der Waals surface area contributed by atoms with Gasteiger partial charge in [-0.15, -0.1) is 0 Å². The fourth-order valence-electron chi connectivity index (χ4n) is 4.00. The molecule has 1 saturated heterocycles. The van der Waals surface area contributed by atoms with Crippen LogP contribution in [0.15, 0.2) is 0 Å². The summed E-state index contributed by atoms with van der Waals surface area (Å²) in [5.41, 5.74) is 2.88. The molecule has 0 radical (unpaired) electrons. The molecule has 2 aliphatic rings. The van der Waals surface area contributed by atoms with E-state index in [-0.39, 0.29) is 5.91 Å². The number of aromatic hydroxyl groups is 1. The highest BCUT2D eigenvalue weighted by atomic mass is 16.5. The highest BCUT2D eigenvalue weighted by Crippen LogP contribution is 2.43. The molecule has 1 fully saturated rings. The summed E-state index contributed by atoms with van der Waals surface area (Å²) >= 11 is 0. The highest BCUT2D eigenvalue weighted by molar-refractivity contribution is 5.86. The van der Waals surface area contributed by atoms with Crippen LogP contribution in [0.2, 0.25) is 0 Å². The molecular weight excluding hydrogens is 316 g/mol. The summed E-state index contributed by atoms with van der Waals surface area (Å²) < 4.78 is 6.32. The van der Waals surface area contributed by atoms with Gasteiger partial charge in [0.2, 0.25) is 0 Å². The Balaban J connectivity index is 1.85. The number of benzene rings is 1. The standard InChI is InChI=1S/C20H30N2O3/c1-6-21-9-11-22(12-10-21)19(24)20(5)8-7-16-15(4)17(23)13(2)14(3)18(16)25-20/h23H,6-12H2,1-5H3/t20-/m0/s1. The summed E-state index contributed by atoms with van der Waals surface area (Å²) in [6, 6.07) is 0. The first-order valence-electron chi connectivity index (χ1n) is 9.30. The van der Waals surface area contributed by atoms with Crippen LogP contribution >= 0.6 is 0 Å². The van der Waals surface area contributed by atoms with Gasteiger partial charge in [-0.3, -0.25) is 4.79 Å². The van der Waals surface area contributed by atoms with Crippen molar-refractivity contribution < 1.29 is 14.6 Å². The number of phenols is 1. The molecule has 2 heterocycles. The topological polar surface area (TPSA) is 53.0 Å². The van der Waals surface area contributed by atoms with Crippen LogP contribution in [0.1, 0.15) is 42.5 Å². The van der Waals surface area contributed by atoms with Crippen LogP contribution in [0.4, 0.5) is 0 Å². The van der Waals surface area contributed by atoms with Crippen LogP contribution in [0.25, 0.3) is 0 Å².